The number of rotatable bonds is 3. The average Bonchev–Trinajstić information content (AvgIpc) is 2.31. The van der Waals surface area contributed by atoms with Gasteiger partial charge >= 0.3 is 0 Å². The molecule has 0 aromatic heterocycles. The molecule has 1 saturated heterocycles. The van der Waals surface area contributed by atoms with E-state index < -0.39 is 0 Å². The summed E-state index contributed by atoms with van der Waals surface area (Å²) in [6, 6.07) is 6.83. The maximum absolute atomic E-state index is 13.0. The number of nitrogens with zero attached hydrogens (tertiary/aromatic N) is 1. The van der Waals surface area contributed by atoms with Crippen molar-refractivity contribution in [2.45, 2.75) is 31.2 Å². The second kappa shape index (κ2) is 5.15. The van der Waals surface area contributed by atoms with Crippen molar-refractivity contribution < 1.29 is 4.39 Å². The molecule has 0 amide bonds. The van der Waals surface area contributed by atoms with Crippen molar-refractivity contribution >= 4 is 0 Å². The first-order chi connectivity index (χ1) is 8.07. The van der Waals surface area contributed by atoms with Gasteiger partial charge in [0.15, 0.2) is 0 Å². The predicted molar refractivity (Wildman–Crippen MR) is 68.4 cm³/mol. The highest BCUT2D eigenvalue weighted by molar-refractivity contribution is 5.17. The highest BCUT2D eigenvalue weighted by atomic mass is 19.1. The van der Waals surface area contributed by atoms with Crippen LogP contribution >= 0.6 is 0 Å². The Morgan fingerprint density at radius 1 is 1.35 bits per heavy atom. The van der Waals surface area contributed by atoms with E-state index in [1.165, 1.54) is 6.07 Å². The Kier molecular flexibility index (Phi) is 3.79. The van der Waals surface area contributed by atoms with E-state index in [2.05, 4.69) is 11.9 Å². The smallest absolute Gasteiger partial charge is 0.123 e. The van der Waals surface area contributed by atoms with Gasteiger partial charge in [-0.3, -0.25) is 0 Å². The zero-order valence-corrected chi connectivity index (χ0v) is 10.5. The van der Waals surface area contributed by atoms with E-state index in [0.29, 0.717) is 0 Å². The minimum absolute atomic E-state index is 0.0567. The third kappa shape index (κ3) is 3.51. The lowest BCUT2D eigenvalue weighted by Gasteiger charge is -2.37. The average molecular weight is 236 g/mol. The van der Waals surface area contributed by atoms with Crippen LogP contribution in [-0.4, -0.2) is 30.6 Å². The van der Waals surface area contributed by atoms with Gasteiger partial charge in [-0.15, -0.1) is 0 Å². The van der Waals surface area contributed by atoms with E-state index in [1.807, 2.05) is 6.07 Å². The van der Waals surface area contributed by atoms with Crippen molar-refractivity contribution in [3.8, 4) is 0 Å². The molecule has 1 heterocycles. The van der Waals surface area contributed by atoms with E-state index in [4.69, 9.17) is 5.73 Å². The van der Waals surface area contributed by atoms with Crippen LogP contribution in [0.5, 0.6) is 0 Å². The van der Waals surface area contributed by atoms with Crippen molar-refractivity contribution in [1.82, 2.24) is 4.90 Å². The summed E-state index contributed by atoms with van der Waals surface area (Å²) < 4.78 is 13.0. The summed E-state index contributed by atoms with van der Waals surface area (Å²) in [5.41, 5.74) is 7.38. The highest BCUT2D eigenvalue weighted by Gasteiger charge is 2.28. The number of benzene rings is 1. The third-order valence-corrected chi connectivity index (χ3v) is 3.78. The second-order valence-corrected chi connectivity index (χ2v) is 5.30. The lowest BCUT2D eigenvalue weighted by molar-refractivity contribution is 0.182. The molecule has 1 aliphatic rings. The fraction of sp³-hybridized carbons (Fsp3) is 0.571. The molecule has 2 nitrogen and oxygen atoms in total. The molecule has 1 aliphatic heterocycles. The van der Waals surface area contributed by atoms with E-state index >= 15 is 0 Å². The monoisotopic (exact) mass is 236 g/mol. The molecule has 0 atom stereocenters. The van der Waals surface area contributed by atoms with E-state index in [9.17, 15) is 4.39 Å². The summed E-state index contributed by atoms with van der Waals surface area (Å²) in [5, 5.41) is 0. The van der Waals surface area contributed by atoms with Gasteiger partial charge in [-0.25, -0.2) is 4.39 Å². The van der Waals surface area contributed by atoms with Crippen molar-refractivity contribution in [3.05, 3.63) is 35.6 Å². The standard InChI is InChI=1S/C14H21FN2/c1-17-9-7-14(16,8-10-17)6-5-12-3-2-4-13(15)11-12/h2-4,11H,5-10,16H2,1H3. The third-order valence-electron chi connectivity index (χ3n) is 3.78. The fourth-order valence-corrected chi connectivity index (χ4v) is 2.40. The summed E-state index contributed by atoms with van der Waals surface area (Å²) in [6.07, 6.45) is 3.90. The zero-order valence-electron chi connectivity index (χ0n) is 10.5. The summed E-state index contributed by atoms with van der Waals surface area (Å²) in [5.74, 6) is -0.156. The van der Waals surface area contributed by atoms with Crippen LogP contribution in [0.2, 0.25) is 0 Å². The number of likely N-dealkylation sites (tertiary alicyclic amines) is 1. The van der Waals surface area contributed by atoms with Crippen LogP contribution in [0.3, 0.4) is 0 Å². The Morgan fingerprint density at radius 2 is 2.06 bits per heavy atom. The molecule has 0 radical (unpaired) electrons. The lowest BCUT2D eigenvalue weighted by atomic mass is 9.83. The van der Waals surface area contributed by atoms with E-state index in [-0.39, 0.29) is 11.4 Å². The summed E-state index contributed by atoms with van der Waals surface area (Å²) in [6.45, 7) is 2.14. The van der Waals surface area contributed by atoms with Crippen LogP contribution in [0.1, 0.15) is 24.8 Å². The normalized spacial score (nSPS) is 20.4. The van der Waals surface area contributed by atoms with Gasteiger partial charge in [-0.05, 0) is 63.5 Å². The maximum atomic E-state index is 13.0. The van der Waals surface area contributed by atoms with E-state index in [1.54, 1.807) is 12.1 Å². The minimum Gasteiger partial charge on any atom is -0.325 e. The van der Waals surface area contributed by atoms with Crippen LogP contribution in [-0.2, 0) is 6.42 Å². The van der Waals surface area contributed by atoms with Crippen LogP contribution in [0, 0.1) is 5.82 Å². The largest absolute Gasteiger partial charge is 0.325 e. The first-order valence-electron chi connectivity index (χ1n) is 6.29. The molecule has 17 heavy (non-hydrogen) atoms. The molecule has 1 aromatic carbocycles. The number of piperidine rings is 1. The summed E-state index contributed by atoms with van der Waals surface area (Å²) >= 11 is 0. The Balaban J connectivity index is 1.89. The molecule has 2 rings (SSSR count). The van der Waals surface area contributed by atoms with Gasteiger partial charge in [-0.2, -0.15) is 0 Å². The van der Waals surface area contributed by atoms with Gasteiger partial charge in [0, 0.05) is 5.54 Å². The van der Waals surface area contributed by atoms with Crippen LogP contribution in [0.15, 0.2) is 24.3 Å². The first kappa shape index (κ1) is 12.5. The molecule has 3 heteroatoms. The molecule has 1 fully saturated rings. The van der Waals surface area contributed by atoms with Gasteiger partial charge < -0.3 is 10.6 Å². The van der Waals surface area contributed by atoms with Gasteiger partial charge in [-0.1, -0.05) is 12.1 Å². The maximum Gasteiger partial charge on any atom is 0.123 e. The quantitative estimate of drug-likeness (QED) is 0.871. The Hall–Kier alpha value is -0.930. The Morgan fingerprint density at radius 3 is 2.71 bits per heavy atom. The van der Waals surface area contributed by atoms with Crippen molar-refractivity contribution in [2.24, 2.45) is 5.73 Å². The van der Waals surface area contributed by atoms with Gasteiger partial charge in [0.2, 0.25) is 0 Å². The lowest BCUT2D eigenvalue weighted by Crippen LogP contribution is -2.49. The van der Waals surface area contributed by atoms with Gasteiger partial charge in [0.1, 0.15) is 5.82 Å². The number of nitrogens with two attached hydrogens (primary N) is 1. The van der Waals surface area contributed by atoms with Crippen molar-refractivity contribution in [2.75, 3.05) is 20.1 Å². The molecule has 0 aliphatic carbocycles. The molecule has 2 N–H and O–H groups in total. The zero-order chi connectivity index (χ0) is 12.3. The molecule has 0 saturated carbocycles. The molecule has 0 spiro atoms. The molecular weight excluding hydrogens is 215 g/mol. The number of hydrogen-bond acceptors (Lipinski definition) is 2. The first-order valence-corrected chi connectivity index (χ1v) is 6.29. The molecule has 94 valence electrons. The van der Waals surface area contributed by atoms with Crippen LogP contribution < -0.4 is 5.73 Å². The molecular formula is C14H21FN2. The summed E-state index contributed by atoms with van der Waals surface area (Å²) in [7, 11) is 2.13. The number of halogens is 1. The van der Waals surface area contributed by atoms with Crippen LogP contribution in [0.4, 0.5) is 4.39 Å². The minimum atomic E-state index is -0.156. The fourth-order valence-electron chi connectivity index (χ4n) is 2.40. The van der Waals surface area contributed by atoms with Crippen molar-refractivity contribution in [3.63, 3.8) is 0 Å². The Labute approximate surface area is 103 Å². The van der Waals surface area contributed by atoms with Crippen molar-refractivity contribution in [1.29, 1.82) is 0 Å². The second-order valence-electron chi connectivity index (χ2n) is 5.30. The van der Waals surface area contributed by atoms with Gasteiger partial charge in [0.25, 0.3) is 0 Å². The molecule has 0 unspecified atom stereocenters. The number of hydrogen-bond donors (Lipinski definition) is 1. The SMILES string of the molecule is CN1CCC(N)(CCc2cccc(F)c2)CC1. The molecule has 0 bridgehead atoms. The van der Waals surface area contributed by atoms with E-state index in [0.717, 1.165) is 44.3 Å². The summed E-state index contributed by atoms with van der Waals surface area (Å²) in [4.78, 5) is 2.31. The van der Waals surface area contributed by atoms with Crippen LogP contribution in [0.25, 0.3) is 0 Å². The highest BCUT2D eigenvalue weighted by Crippen LogP contribution is 2.24. The number of aryl methyl sites for hydroxylation is 1. The predicted octanol–water partition coefficient (Wildman–Crippen LogP) is 2.18. The van der Waals surface area contributed by atoms with Gasteiger partial charge in [0.05, 0.1) is 0 Å². The molecule has 1 aromatic rings. The topological polar surface area (TPSA) is 29.3 Å². The Bertz CT molecular complexity index is 370.